The Kier molecular flexibility index (Phi) is 9.34. The lowest BCUT2D eigenvalue weighted by atomic mass is 9.89. The molecule has 6 nitrogen and oxygen atoms in total. The number of nitrogens with zero attached hydrogens (tertiary/aromatic N) is 4. The number of halogens is 7. The van der Waals surface area contributed by atoms with E-state index in [4.69, 9.17) is 0 Å². The molecule has 0 bridgehead atoms. The van der Waals surface area contributed by atoms with E-state index in [1.165, 1.54) is 33.0 Å². The van der Waals surface area contributed by atoms with Crippen molar-refractivity contribution in [3.8, 4) is 0 Å². The van der Waals surface area contributed by atoms with Gasteiger partial charge in [0.2, 0.25) is 5.91 Å². The van der Waals surface area contributed by atoms with Gasteiger partial charge in [-0.1, -0.05) is 6.07 Å². The smallest absolute Gasteiger partial charge is 0.340 e. The molecule has 0 unspecified atom stereocenters. The van der Waals surface area contributed by atoms with Gasteiger partial charge in [0.15, 0.2) is 0 Å². The lowest BCUT2D eigenvalue weighted by Crippen LogP contribution is -2.56. The van der Waals surface area contributed by atoms with Gasteiger partial charge < -0.3 is 14.7 Å². The summed E-state index contributed by atoms with van der Waals surface area (Å²) in [4.78, 5) is 32.4. The molecule has 3 amide bonds. The first-order valence-corrected chi connectivity index (χ1v) is 14.1. The number of piperazine rings is 1. The number of aryl methyl sites for hydroxylation is 1. The summed E-state index contributed by atoms with van der Waals surface area (Å²) in [6.07, 6.45) is -8.96. The summed E-state index contributed by atoms with van der Waals surface area (Å²) in [5.74, 6) is -0.442. The topological polar surface area (TPSA) is 47.1 Å². The van der Waals surface area contributed by atoms with Crippen LogP contribution in [0.1, 0.15) is 66.6 Å². The summed E-state index contributed by atoms with van der Waals surface area (Å²) in [5.41, 5.74) is -1.87. The molecule has 2 heterocycles. The van der Waals surface area contributed by atoms with Crippen LogP contribution in [0.4, 0.5) is 35.5 Å². The largest absolute Gasteiger partial charge is 0.416 e. The first kappa shape index (κ1) is 32.6. The average molecular weight is 619 g/mol. The van der Waals surface area contributed by atoms with Crippen molar-refractivity contribution < 1.29 is 40.3 Å². The van der Waals surface area contributed by atoms with Crippen LogP contribution in [0.25, 0.3) is 0 Å². The fourth-order valence-corrected chi connectivity index (χ4v) is 6.03. The zero-order valence-corrected chi connectivity index (χ0v) is 24.4. The third-order valence-corrected chi connectivity index (χ3v) is 8.66. The quantitative estimate of drug-likeness (QED) is 0.361. The molecule has 2 aliphatic heterocycles. The highest BCUT2D eigenvalue weighted by molar-refractivity contribution is 5.76. The van der Waals surface area contributed by atoms with Gasteiger partial charge in [-0.2, -0.15) is 26.3 Å². The fraction of sp³-hybridized carbons (Fsp3) is 0.533. The average Bonchev–Trinajstić information content (AvgIpc) is 2.94. The number of benzene rings is 2. The lowest BCUT2D eigenvalue weighted by molar-refractivity contribution is -0.143. The van der Waals surface area contributed by atoms with E-state index in [0.29, 0.717) is 62.3 Å². The van der Waals surface area contributed by atoms with Crippen LogP contribution < -0.4 is 0 Å². The number of hydrogen-bond donors (Lipinski definition) is 0. The number of carbonyl (C=O) groups excluding carboxylic acids is 2. The highest BCUT2D eigenvalue weighted by Gasteiger charge is 2.40. The van der Waals surface area contributed by atoms with Crippen LogP contribution in [0, 0.1) is 12.7 Å². The Morgan fingerprint density at radius 2 is 1.53 bits per heavy atom. The zero-order valence-electron chi connectivity index (χ0n) is 24.4. The van der Waals surface area contributed by atoms with Crippen molar-refractivity contribution in [2.75, 3.05) is 39.8 Å². The fourth-order valence-electron chi connectivity index (χ4n) is 6.03. The predicted molar refractivity (Wildman–Crippen MR) is 145 cm³/mol. The SMILES string of the molecule is CC(=O)N1CCN([C@H]2CCN([14C](=O)N(C)[C@H](C)c3cc(C(F)(F)F)cc(C(F)(F)F)c3)[C@@H](c3ccc(F)cc3C)C2)CC1. The van der Waals surface area contributed by atoms with Crippen LogP contribution in [-0.2, 0) is 17.1 Å². The molecule has 0 spiro atoms. The van der Waals surface area contributed by atoms with E-state index in [9.17, 15) is 40.3 Å². The highest BCUT2D eigenvalue weighted by Crippen LogP contribution is 2.40. The van der Waals surface area contributed by atoms with Gasteiger partial charge >= 0.3 is 18.4 Å². The summed E-state index contributed by atoms with van der Waals surface area (Å²) in [5, 5.41) is 0. The highest BCUT2D eigenvalue weighted by atomic mass is 19.4. The summed E-state index contributed by atoms with van der Waals surface area (Å²) in [6, 6.07) is 3.46. The van der Waals surface area contributed by atoms with Crippen molar-refractivity contribution in [2.45, 2.75) is 64.1 Å². The predicted octanol–water partition coefficient (Wildman–Crippen LogP) is 6.65. The Labute approximate surface area is 246 Å². The Balaban J connectivity index is 1.62. The maximum absolute atomic E-state index is 14.0. The Morgan fingerprint density at radius 3 is 2.05 bits per heavy atom. The van der Waals surface area contributed by atoms with E-state index in [1.807, 2.05) is 0 Å². The van der Waals surface area contributed by atoms with Crippen LogP contribution in [0.2, 0.25) is 0 Å². The molecule has 13 heteroatoms. The second-order valence-electron chi connectivity index (χ2n) is 11.3. The summed E-state index contributed by atoms with van der Waals surface area (Å²) < 4.78 is 95.0. The number of amides is 3. The van der Waals surface area contributed by atoms with Crippen LogP contribution >= 0.6 is 0 Å². The van der Waals surface area contributed by atoms with Gasteiger partial charge in [-0.05, 0) is 73.7 Å². The molecular weight excluding hydrogens is 583 g/mol. The number of rotatable bonds is 4. The van der Waals surface area contributed by atoms with E-state index in [-0.39, 0.29) is 30.1 Å². The molecule has 2 fully saturated rings. The van der Waals surface area contributed by atoms with Crippen LogP contribution in [-0.4, -0.2) is 77.4 Å². The molecule has 3 atom stereocenters. The molecule has 0 aliphatic carbocycles. The standard InChI is InChI=1S/C30H35F7N4O2/c1-18-13-24(31)5-6-26(18)27-17-25(40-11-9-39(10-12-40)20(3)42)7-8-41(27)28(43)38(4)19(2)21-14-22(29(32,33)34)16-23(15-21)30(35,36)37/h5-6,13-16,19,25,27H,7-12,17H2,1-4H3/t19-,25+,27-/m1/s1/i28+2. The van der Waals surface area contributed by atoms with Crippen LogP contribution in [0.15, 0.2) is 36.4 Å². The molecule has 0 saturated carbocycles. The molecule has 2 aliphatic rings. The summed E-state index contributed by atoms with van der Waals surface area (Å²) in [7, 11) is 1.35. The van der Waals surface area contributed by atoms with E-state index < -0.39 is 47.4 Å². The lowest BCUT2D eigenvalue weighted by Gasteiger charge is -2.47. The first-order chi connectivity index (χ1) is 20.0. The summed E-state index contributed by atoms with van der Waals surface area (Å²) >= 11 is 0. The number of carbonyl (C=O) groups is 2. The number of alkyl halides is 6. The summed E-state index contributed by atoms with van der Waals surface area (Å²) in [6.45, 7) is 7.36. The third-order valence-electron chi connectivity index (χ3n) is 8.66. The van der Waals surface area contributed by atoms with Crippen molar-refractivity contribution in [3.05, 3.63) is 70.0 Å². The normalized spacial score (nSPS) is 21.1. The molecule has 0 radical (unpaired) electrons. The van der Waals surface area contributed by atoms with Crippen molar-refractivity contribution in [1.29, 1.82) is 0 Å². The minimum atomic E-state index is -5.01. The number of likely N-dealkylation sites (tertiary alicyclic amines) is 1. The number of piperidine rings is 1. The second kappa shape index (κ2) is 12.3. The van der Waals surface area contributed by atoms with Crippen molar-refractivity contribution in [3.63, 3.8) is 0 Å². The Morgan fingerprint density at radius 1 is 0.953 bits per heavy atom. The second-order valence-corrected chi connectivity index (χ2v) is 11.3. The van der Waals surface area contributed by atoms with Crippen LogP contribution in [0.5, 0.6) is 0 Å². The van der Waals surface area contributed by atoms with Gasteiger partial charge in [0.25, 0.3) is 0 Å². The van der Waals surface area contributed by atoms with Crippen molar-refractivity contribution >= 4 is 11.9 Å². The maximum Gasteiger partial charge on any atom is 0.416 e. The van der Waals surface area contributed by atoms with Gasteiger partial charge in [0.05, 0.1) is 23.2 Å². The molecule has 2 aromatic carbocycles. The molecule has 4 rings (SSSR count). The van der Waals surface area contributed by atoms with Gasteiger partial charge in [-0.15, -0.1) is 0 Å². The van der Waals surface area contributed by atoms with Crippen molar-refractivity contribution in [2.24, 2.45) is 0 Å². The molecule has 0 aromatic heterocycles. The zero-order chi connectivity index (χ0) is 31.9. The van der Waals surface area contributed by atoms with Gasteiger partial charge in [-0.25, -0.2) is 9.18 Å². The van der Waals surface area contributed by atoms with Crippen molar-refractivity contribution in [1.82, 2.24) is 19.6 Å². The minimum absolute atomic E-state index is 0.000149. The molecule has 236 valence electrons. The van der Waals surface area contributed by atoms with E-state index in [2.05, 4.69) is 4.90 Å². The molecular formula is C30H35F7N4O2. The Hall–Kier alpha value is -3.35. The third kappa shape index (κ3) is 7.25. The maximum atomic E-state index is 14.0. The van der Waals surface area contributed by atoms with E-state index in [0.717, 1.165) is 4.90 Å². The van der Waals surface area contributed by atoms with Gasteiger partial charge in [-0.3, -0.25) is 9.69 Å². The monoisotopic (exact) mass is 618 g/mol. The minimum Gasteiger partial charge on any atom is -0.340 e. The number of hydrogen-bond acceptors (Lipinski definition) is 3. The van der Waals surface area contributed by atoms with E-state index in [1.54, 1.807) is 22.8 Å². The molecule has 0 N–H and O–H groups in total. The van der Waals surface area contributed by atoms with Crippen LogP contribution in [0.3, 0.4) is 0 Å². The molecule has 2 aromatic rings. The van der Waals surface area contributed by atoms with Gasteiger partial charge in [0, 0.05) is 52.7 Å². The van der Waals surface area contributed by atoms with Gasteiger partial charge in [0.1, 0.15) is 5.82 Å². The first-order valence-electron chi connectivity index (χ1n) is 14.1. The molecule has 2 saturated heterocycles. The Bertz CT molecular complexity index is 1310. The van der Waals surface area contributed by atoms with E-state index >= 15 is 0 Å². The molecule has 43 heavy (non-hydrogen) atoms. The number of urea groups is 1.